The Bertz CT molecular complexity index is 735. The van der Waals surface area contributed by atoms with Gasteiger partial charge in [-0.1, -0.05) is 18.2 Å². The number of nitrogens with one attached hydrogen (secondary N) is 1. The normalized spacial score (nSPS) is 10.9. The molecule has 0 atom stereocenters. The van der Waals surface area contributed by atoms with E-state index >= 15 is 0 Å². The van der Waals surface area contributed by atoms with Crippen molar-refractivity contribution in [2.75, 3.05) is 5.32 Å². The topological polar surface area (TPSA) is 79.9 Å². The SMILES string of the molecule is Cc1ccccc1-n1ncc(C#N)c1NC(=O)OC(C)(C)C. The lowest BCUT2D eigenvalue weighted by molar-refractivity contribution is 0.0635. The van der Waals surface area contributed by atoms with E-state index in [1.54, 1.807) is 20.8 Å². The predicted octanol–water partition coefficient (Wildman–Crippen LogP) is 3.40. The lowest BCUT2D eigenvalue weighted by Crippen LogP contribution is -2.28. The van der Waals surface area contributed by atoms with Crippen molar-refractivity contribution < 1.29 is 9.53 Å². The zero-order chi connectivity index (χ0) is 16.3. The summed E-state index contributed by atoms with van der Waals surface area (Å²) in [5.74, 6) is 0.297. The van der Waals surface area contributed by atoms with Crippen molar-refractivity contribution >= 4 is 11.9 Å². The molecule has 1 amide bonds. The van der Waals surface area contributed by atoms with Crippen LogP contribution < -0.4 is 5.32 Å². The van der Waals surface area contributed by atoms with Gasteiger partial charge in [0.15, 0.2) is 5.82 Å². The maximum atomic E-state index is 12.0. The molecule has 2 aromatic rings. The van der Waals surface area contributed by atoms with Crippen LogP contribution in [0, 0.1) is 18.3 Å². The molecule has 1 aromatic heterocycles. The number of hydrogen-bond acceptors (Lipinski definition) is 4. The fourth-order valence-electron chi connectivity index (χ4n) is 1.93. The van der Waals surface area contributed by atoms with Crippen LogP contribution in [0.5, 0.6) is 0 Å². The zero-order valence-corrected chi connectivity index (χ0v) is 13.0. The highest BCUT2D eigenvalue weighted by Gasteiger charge is 2.20. The molecule has 1 heterocycles. The Kier molecular flexibility index (Phi) is 4.18. The number of aryl methyl sites for hydroxylation is 1. The maximum Gasteiger partial charge on any atom is 0.413 e. The highest BCUT2D eigenvalue weighted by molar-refractivity contribution is 5.86. The van der Waals surface area contributed by atoms with Crippen molar-refractivity contribution in [3.05, 3.63) is 41.6 Å². The van der Waals surface area contributed by atoms with Gasteiger partial charge in [-0.15, -0.1) is 0 Å². The van der Waals surface area contributed by atoms with Gasteiger partial charge >= 0.3 is 6.09 Å². The molecule has 0 aliphatic rings. The summed E-state index contributed by atoms with van der Waals surface area (Å²) in [6.07, 6.45) is 0.790. The highest BCUT2D eigenvalue weighted by Crippen LogP contribution is 2.22. The molecule has 114 valence electrons. The third-order valence-corrected chi connectivity index (χ3v) is 2.85. The van der Waals surface area contributed by atoms with Crippen LogP contribution in [-0.2, 0) is 4.74 Å². The second kappa shape index (κ2) is 5.90. The van der Waals surface area contributed by atoms with E-state index in [0.29, 0.717) is 5.82 Å². The lowest BCUT2D eigenvalue weighted by atomic mass is 10.2. The number of carbonyl (C=O) groups excluding carboxylic acids is 1. The Morgan fingerprint density at radius 3 is 2.64 bits per heavy atom. The number of ether oxygens (including phenoxy) is 1. The van der Waals surface area contributed by atoms with E-state index in [9.17, 15) is 10.1 Å². The van der Waals surface area contributed by atoms with Gasteiger partial charge in [0.1, 0.15) is 17.2 Å². The molecule has 2 rings (SSSR count). The van der Waals surface area contributed by atoms with Gasteiger partial charge in [0.05, 0.1) is 11.9 Å². The monoisotopic (exact) mass is 298 g/mol. The molecule has 0 radical (unpaired) electrons. The first-order valence-corrected chi connectivity index (χ1v) is 6.86. The fourth-order valence-corrected chi connectivity index (χ4v) is 1.93. The molecule has 1 aromatic carbocycles. The van der Waals surface area contributed by atoms with Gasteiger partial charge in [-0.25, -0.2) is 9.48 Å². The number of benzene rings is 1. The second-order valence-corrected chi connectivity index (χ2v) is 5.84. The molecular formula is C16H18N4O2. The number of hydrogen-bond donors (Lipinski definition) is 1. The summed E-state index contributed by atoms with van der Waals surface area (Å²) < 4.78 is 6.76. The molecule has 6 heteroatoms. The maximum absolute atomic E-state index is 12.0. The summed E-state index contributed by atoms with van der Waals surface area (Å²) >= 11 is 0. The molecule has 0 fully saturated rings. The number of carbonyl (C=O) groups is 1. The van der Waals surface area contributed by atoms with Gasteiger partial charge in [-0.2, -0.15) is 10.4 Å². The van der Waals surface area contributed by atoms with E-state index in [-0.39, 0.29) is 5.56 Å². The fraction of sp³-hybridized carbons (Fsp3) is 0.312. The second-order valence-electron chi connectivity index (χ2n) is 5.84. The molecule has 0 saturated heterocycles. The number of anilines is 1. The van der Waals surface area contributed by atoms with Gasteiger partial charge in [0.2, 0.25) is 0 Å². The van der Waals surface area contributed by atoms with Gasteiger partial charge in [-0.05, 0) is 39.3 Å². The van der Waals surface area contributed by atoms with Crippen molar-refractivity contribution in [2.45, 2.75) is 33.3 Å². The molecule has 6 nitrogen and oxygen atoms in total. The molecule has 0 aliphatic carbocycles. The minimum Gasteiger partial charge on any atom is -0.444 e. The van der Waals surface area contributed by atoms with Crippen molar-refractivity contribution in [2.24, 2.45) is 0 Å². The Labute approximate surface area is 129 Å². The first-order chi connectivity index (χ1) is 10.3. The summed E-state index contributed by atoms with van der Waals surface area (Å²) in [6.45, 7) is 7.25. The molecule has 0 saturated carbocycles. The van der Waals surface area contributed by atoms with Crippen molar-refractivity contribution in [3.63, 3.8) is 0 Å². The predicted molar refractivity (Wildman–Crippen MR) is 82.9 cm³/mol. The summed E-state index contributed by atoms with van der Waals surface area (Å²) in [7, 11) is 0. The van der Waals surface area contributed by atoms with E-state index in [2.05, 4.69) is 10.4 Å². The lowest BCUT2D eigenvalue weighted by Gasteiger charge is -2.20. The Balaban J connectivity index is 2.39. The zero-order valence-electron chi connectivity index (χ0n) is 13.0. The van der Waals surface area contributed by atoms with E-state index in [1.807, 2.05) is 37.3 Å². The molecule has 0 spiro atoms. The average Bonchev–Trinajstić information content (AvgIpc) is 2.79. The van der Waals surface area contributed by atoms with Crippen LogP contribution in [-0.4, -0.2) is 21.5 Å². The largest absolute Gasteiger partial charge is 0.444 e. The highest BCUT2D eigenvalue weighted by atomic mass is 16.6. The van der Waals surface area contributed by atoms with Crippen molar-refractivity contribution in [1.29, 1.82) is 5.26 Å². The Morgan fingerprint density at radius 1 is 1.36 bits per heavy atom. The van der Waals surface area contributed by atoms with E-state index in [0.717, 1.165) is 11.3 Å². The number of nitriles is 1. The number of aromatic nitrogens is 2. The van der Waals surface area contributed by atoms with Gasteiger partial charge in [0.25, 0.3) is 0 Å². The number of amides is 1. The first-order valence-electron chi connectivity index (χ1n) is 6.86. The summed E-state index contributed by atoms with van der Waals surface area (Å²) in [5, 5.41) is 16.0. The van der Waals surface area contributed by atoms with Crippen LogP contribution in [0.4, 0.5) is 10.6 Å². The van der Waals surface area contributed by atoms with Crippen LogP contribution >= 0.6 is 0 Å². The third-order valence-electron chi connectivity index (χ3n) is 2.85. The van der Waals surface area contributed by atoms with Crippen molar-refractivity contribution in [3.8, 4) is 11.8 Å². The van der Waals surface area contributed by atoms with Crippen LogP contribution in [0.15, 0.2) is 30.5 Å². The van der Waals surface area contributed by atoms with Crippen LogP contribution in [0.25, 0.3) is 5.69 Å². The third kappa shape index (κ3) is 3.44. The smallest absolute Gasteiger partial charge is 0.413 e. The quantitative estimate of drug-likeness (QED) is 0.921. The standard InChI is InChI=1S/C16H18N4O2/c1-11-7-5-6-8-13(11)20-14(12(9-17)10-18-20)19-15(21)22-16(2,3)4/h5-8,10H,1-4H3,(H,19,21). The van der Waals surface area contributed by atoms with E-state index in [1.165, 1.54) is 10.9 Å². The molecule has 0 aliphatic heterocycles. The molecule has 0 bridgehead atoms. The van der Waals surface area contributed by atoms with Crippen molar-refractivity contribution in [1.82, 2.24) is 9.78 Å². The molecule has 22 heavy (non-hydrogen) atoms. The van der Waals surface area contributed by atoms with Crippen LogP contribution in [0.1, 0.15) is 31.9 Å². The van der Waals surface area contributed by atoms with E-state index < -0.39 is 11.7 Å². The minimum absolute atomic E-state index is 0.272. The molecule has 1 N–H and O–H groups in total. The minimum atomic E-state index is -0.626. The summed E-state index contributed by atoms with van der Waals surface area (Å²) in [6, 6.07) is 9.60. The van der Waals surface area contributed by atoms with Gasteiger partial charge in [-0.3, -0.25) is 5.32 Å². The number of para-hydroxylation sites is 1. The number of rotatable bonds is 2. The molecule has 0 unspecified atom stereocenters. The average molecular weight is 298 g/mol. The summed E-state index contributed by atoms with van der Waals surface area (Å²) in [5.41, 5.74) is 1.41. The first kappa shape index (κ1) is 15.6. The summed E-state index contributed by atoms with van der Waals surface area (Å²) in [4.78, 5) is 12.0. The van der Waals surface area contributed by atoms with Crippen LogP contribution in [0.2, 0.25) is 0 Å². The molecular weight excluding hydrogens is 280 g/mol. The van der Waals surface area contributed by atoms with Gasteiger partial charge < -0.3 is 4.74 Å². The van der Waals surface area contributed by atoms with Gasteiger partial charge in [0, 0.05) is 0 Å². The number of nitrogens with zero attached hydrogens (tertiary/aromatic N) is 3. The Morgan fingerprint density at radius 2 is 2.05 bits per heavy atom. The van der Waals surface area contributed by atoms with E-state index in [4.69, 9.17) is 4.74 Å². The Hall–Kier alpha value is -2.81. The van der Waals surface area contributed by atoms with Crippen LogP contribution in [0.3, 0.4) is 0 Å².